The average molecular weight is 208 g/mol. The van der Waals surface area contributed by atoms with Crippen LogP contribution in [0.3, 0.4) is 0 Å². The van der Waals surface area contributed by atoms with E-state index in [1.54, 1.807) is 19.2 Å². The summed E-state index contributed by atoms with van der Waals surface area (Å²) in [5.41, 5.74) is 1.44. The van der Waals surface area contributed by atoms with E-state index in [4.69, 9.17) is 9.47 Å². The smallest absolute Gasteiger partial charge is 0.337 e. The van der Waals surface area contributed by atoms with E-state index in [1.807, 2.05) is 12.1 Å². The van der Waals surface area contributed by atoms with Gasteiger partial charge in [-0.2, -0.15) is 0 Å². The molecule has 15 heavy (non-hydrogen) atoms. The molecule has 1 aromatic carbocycles. The SMILES string of the molecule is COC(=O)c1ccc(C2(OC)CO2)cc1. The fourth-order valence-corrected chi connectivity index (χ4v) is 1.45. The fraction of sp³-hybridized carbons (Fsp3) is 0.364. The number of benzene rings is 1. The van der Waals surface area contributed by atoms with Crippen LogP contribution in [0.25, 0.3) is 0 Å². The standard InChI is InChI=1S/C11H12O4/c1-13-10(12)8-3-5-9(6-4-8)11(14-2)7-15-11/h3-6H,7H2,1-2H3. The Morgan fingerprint density at radius 1 is 1.33 bits per heavy atom. The molecule has 1 heterocycles. The zero-order chi connectivity index (χ0) is 10.9. The second-order valence-corrected chi connectivity index (χ2v) is 3.31. The maximum absolute atomic E-state index is 11.2. The lowest BCUT2D eigenvalue weighted by molar-refractivity contribution is -0.0138. The highest BCUT2D eigenvalue weighted by Gasteiger charge is 2.47. The van der Waals surface area contributed by atoms with Crippen LogP contribution in [0.4, 0.5) is 0 Å². The van der Waals surface area contributed by atoms with Gasteiger partial charge in [-0.15, -0.1) is 0 Å². The summed E-state index contributed by atoms with van der Waals surface area (Å²) in [6, 6.07) is 7.01. The van der Waals surface area contributed by atoms with Gasteiger partial charge in [-0.25, -0.2) is 4.79 Å². The van der Waals surface area contributed by atoms with E-state index in [0.717, 1.165) is 5.56 Å². The number of ether oxygens (including phenoxy) is 3. The molecule has 0 aromatic heterocycles. The van der Waals surface area contributed by atoms with Crippen LogP contribution in [-0.2, 0) is 20.0 Å². The van der Waals surface area contributed by atoms with Gasteiger partial charge in [0, 0.05) is 12.7 Å². The van der Waals surface area contributed by atoms with Crippen LogP contribution in [-0.4, -0.2) is 26.8 Å². The molecule has 0 bridgehead atoms. The molecule has 80 valence electrons. The third-order valence-electron chi connectivity index (χ3n) is 2.48. The quantitative estimate of drug-likeness (QED) is 0.555. The number of hydrogen-bond acceptors (Lipinski definition) is 4. The summed E-state index contributed by atoms with van der Waals surface area (Å²) >= 11 is 0. The molecule has 1 aromatic rings. The first-order valence-corrected chi connectivity index (χ1v) is 4.60. The number of hydrogen-bond donors (Lipinski definition) is 0. The van der Waals surface area contributed by atoms with E-state index in [1.165, 1.54) is 7.11 Å². The van der Waals surface area contributed by atoms with Crippen molar-refractivity contribution in [3.05, 3.63) is 35.4 Å². The Morgan fingerprint density at radius 2 is 1.93 bits per heavy atom. The molecule has 0 spiro atoms. The minimum Gasteiger partial charge on any atom is -0.465 e. The monoisotopic (exact) mass is 208 g/mol. The highest BCUT2D eigenvalue weighted by Crippen LogP contribution is 2.39. The third-order valence-corrected chi connectivity index (χ3v) is 2.48. The van der Waals surface area contributed by atoms with Gasteiger partial charge in [0.1, 0.15) is 6.61 Å². The molecule has 1 unspecified atom stereocenters. The first-order chi connectivity index (χ1) is 7.22. The van der Waals surface area contributed by atoms with Crippen LogP contribution < -0.4 is 0 Å². The van der Waals surface area contributed by atoms with Crippen molar-refractivity contribution in [2.75, 3.05) is 20.8 Å². The van der Waals surface area contributed by atoms with Gasteiger partial charge in [-0.1, -0.05) is 12.1 Å². The van der Waals surface area contributed by atoms with Crippen LogP contribution in [0.2, 0.25) is 0 Å². The molecule has 1 aliphatic rings. The zero-order valence-electron chi connectivity index (χ0n) is 8.65. The summed E-state index contributed by atoms with van der Waals surface area (Å²) < 4.78 is 15.0. The van der Waals surface area contributed by atoms with E-state index >= 15 is 0 Å². The first-order valence-electron chi connectivity index (χ1n) is 4.60. The second kappa shape index (κ2) is 3.64. The molecule has 0 saturated carbocycles. The Morgan fingerprint density at radius 3 is 2.33 bits per heavy atom. The minimum atomic E-state index is -0.589. The largest absolute Gasteiger partial charge is 0.465 e. The third kappa shape index (κ3) is 1.73. The summed E-state index contributed by atoms with van der Waals surface area (Å²) in [5, 5.41) is 0. The zero-order valence-corrected chi connectivity index (χ0v) is 8.65. The van der Waals surface area contributed by atoms with Crippen molar-refractivity contribution < 1.29 is 19.0 Å². The van der Waals surface area contributed by atoms with E-state index in [9.17, 15) is 4.79 Å². The van der Waals surface area contributed by atoms with Gasteiger partial charge < -0.3 is 14.2 Å². The summed E-state index contributed by atoms with van der Waals surface area (Å²) in [7, 11) is 2.96. The molecule has 0 aliphatic carbocycles. The molecule has 4 heteroatoms. The second-order valence-electron chi connectivity index (χ2n) is 3.31. The van der Waals surface area contributed by atoms with Crippen molar-refractivity contribution in [3.63, 3.8) is 0 Å². The van der Waals surface area contributed by atoms with E-state index < -0.39 is 5.79 Å². The summed E-state index contributed by atoms with van der Waals surface area (Å²) in [4.78, 5) is 11.2. The van der Waals surface area contributed by atoms with Gasteiger partial charge in [0.25, 0.3) is 0 Å². The summed E-state index contributed by atoms with van der Waals surface area (Å²) in [6.07, 6.45) is 0. The Bertz CT molecular complexity index is 365. The predicted octanol–water partition coefficient (Wildman–Crippen LogP) is 1.30. The number of methoxy groups -OCH3 is 2. The predicted molar refractivity (Wildman–Crippen MR) is 52.4 cm³/mol. The minimum absolute atomic E-state index is 0.343. The molecule has 0 amide bonds. The summed E-state index contributed by atoms with van der Waals surface area (Å²) in [5.74, 6) is -0.931. The molecule has 4 nitrogen and oxygen atoms in total. The number of carbonyl (C=O) groups excluding carboxylic acids is 1. The summed E-state index contributed by atoms with van der Waals surface area (Å²) in [6.45, 7) is 0.557. The lowest BCUT2D eigenvalue weighted by Crippen LogP contribution is -2.11. The maximum atomic E-state index is 11.2. The van der Waals surface area contributed by atoms with Gasteiger partial charge in [-0.3, -0.25) is 0 Å². The van der Waals surface area contributed by atoms with E-state index in [0.29, 0.717) is 12.2 Å². The van der Waals surface area contributed by atoms with Crippen LogP contribution in [0.5, 0.6) is 0 Å². The van der Waals surface area contributed by atoms with Crippen molar-refractivity contribution in [2.24, 2.45) is 0 Å². The van der Waals surface area contributed by atoms with Crippen molar-refractivity contribution in [1.29, 1.82) is 0 Å². The van der Waals surface area contributed by atoms with Gasteiger partial charge in [0.15, 0.2) is 0 Å². The Hall–Kier alpha value is -1.39. The lowest BCUT2D eigenvalue weighted by Gasteiger charge is -2.09. The van der Waals surface area contributed by atoms with Gasteiger partial charge in [0.2, 0.25) is 5.79 Å². The molecule has 0 N–H and O–H groups in total. The normalized spacial score (nSPS) is 23.6. The highest BCUT2D eigenvalue weighted by atomic mass is 16.8. The molecule has 1 fully saturated rings. The van der Waals surface area contributed by atoms with Gasteiger partial charge >= 0.3 is 5.97 Å². The number of epoxide rings is 1. The topological polar surface area (TPSA) is 48.1 Å². The Kier molecular flexibility index (Phi) is 2.46. The van der Waals surface area contributed by atoms with Crippen molar-refractivity contribution in [3.8, 4) is 0 Å². The van der Waals surface area contributed by atoms with Crippen LogP contribution in [0.1, 0.15) is 15.9 Å². The van der Waals surface area contributed by atoms with E-state index in [2.05, 4.69) is 4.74 Å². The van der Waals surface area contributed by atoms with Crippen LogP contribution in [0, 0.1) is 0 Å². The van der Waals surface area contributed by atoms with Gasteiger partial charge in [0.05, 0.1) is 12.7 Å². The Balaban J connectivity index is 2.21. The number of carbonyl (C=O) groups is 1. The highest BCUT2D eigenvalue weighted by molar-refractivity contribution is 5.89. The molecule has 0 radical (unpaired) electrons. The average Bonchev–Trinajstić information content (AvgIpc) is 3.09. The number of esters is 1. The maximum Gasteiger partial charge on any atom is 0.337 e. The molecule has 1 saturated heterocycles. The molecule has 2 rings (SSSR count). The number of rotatable bonds is 3. The van der Waals surface area contributed by atoms with Crippen molar-refractivity contribution in [1.82, 2.24) is 0 Å². The van der Waals surface area contributed by atoms with Crippen molar-refractivity contribution >= 4 is 5.97 Å². The fourth-order valence-electron chi connectivity index (χ4n) is 1.45. The molecule has 1 atom stereocenters. The first kappa shape index (κ1) is 10.1. The molecular formula is C11H12O4. The van der Waals surface area contributed by atoms with E-state index in [-0.39, 0.29) is 5.97 Å². The molecular weight excluding hydrogens is 196 g/mol. The van der Waals surface area contributed by atoms with Crippen LogP contribution in [0.15, 0.2) is 24.3 Å². The van der Waals surface area contributed by atoms with Crippen LogP contribution >= 0.6 is 0 Å². The van der Waals surface area contributed by atoms with Gasteiger partial charge in [-0.05, 0) is 12.1 Å². The van der Waals surface area contributed by atoms with Crippen molar-refractivity contribution in [2.45, 2.75) is 5.79 Å². The molecule has 1 aliphatic heterocycles. The lowest BCUT2D eigenvalue weighted by atomic mass is 10.1. The Labute approximate surface area is 87.8 Å².